The number of aliphatic imine (C=N–C) groups is 1. The van der Waals surface area contributed by atoms with Crippen LogP contribution in [-0.2, 0) is 5.75 Å². The third kappa shape index (κ3) is 3.70. The zero-order chi connectivity index (χ0) is 19.0. The Morgan fingerprint density at radius 2 is 2.00 bits per heavy atom. The summed E-state index contributed by atoms with van der Waals surface area (Å²) in [6, 6.07) is 11.3. The topological polar surface area (TPSA) is 42.3 Å². The van der Waals surface area contributed by atoms with Crippen molar-refractivity contribution in [1.82, 2.24) is 4.98 Å². The first-order valence-electron chi connectivity index (χ1n) is 8.23. The average molecular weight is 417 g/mol. The summed E-state index contributed by atoms with van der Waals surface area (Å²) in [5.41, 5.74) is 3.11. The Kier molecular flexibility index (Phi) is 5.12. The maximum absolute atomic E-state index is 13.0. The highest BCUT2D eigenvalue weighted by molar-refractivity contribution is 8.00. The van der Waals surface area contributed by atoms with Crippen LogP contribution in [0.25, 0.3) is 0 Å². The van der Waals surface area contributed by atoms with Gasteiger partial charge in [-0.05, 0) is 36.2 Å². The molecule has 1 unspecified atom stereocenters. The second-order valence-electron chi connectivity index (χ2n) is 6.12. The number of thioether (sulfide) groups is 1. The standard InChI is InChI=1S/C20H14ClFN2OS2/c1-11-3-2-4-14(21)16(11)18-19(25)17-15(9-23-18)27-20(24-17)26-10-12-5-7-13(22)8-6-12/h2-9,18H,10H2,1H3. The number of hydrogen-bond acceptors (Lipinski definition) is 5. The molecule has 4 rings (SSSR count). The van der Waals surface area contributed by atoms with Gasteiger partial charge in [-0.1, -0.05) is 47.6 Å². The van der Waals surface area contributed by atoms with Crippen LogP contribution in [0.1, 0.15) is 38.1 Å². The van der Waals surface area contributed by atoms with Crippen LogP contribution in [0.5, 0.6) is 0 Å². The lowest BCUT2D eigenvalue weighted by Gasteiger charge is -2.17. The Bertz CT molecular complexity index is 1030. The van der Waals surface area contributed by atoms with Gasteiger partial charge in [0.1, 0.15) is 17.6 Å². The van der Waals surface area contributed by atoms with Crippen molar-refractivity contribution in [2.75, 3.05) is 0 Å². The highest BCUT2D eigenvalue weighted by Gasteiger charge is 2.32. The smallest absolute Gasteiger partial charge is 0.211 e. The van der Waals surface area contributed by atoms with Gasteiger partial charge in [0, 0.05) is 22.6 Å². The Balaban J connectivity index is 1.56. The number of hydrogen-bond donors (Lipinski definition) is 0. The molecule has 2 heterocycles. The van der Waals surface area contributed by atoms with Crippen LogP contribution in [0.15, 0.2) is 51.8 Å². The first kappa shape index (κ1) is 18.3. The van der Waals surface area contributed by atoms with Gasteiger partial charge in [-0.2, -0.15) is 0 Å². The third-order valence-corrected chi connectivity index (χ3v) is 6.81. The number of Topliss-reactive ketones (excluding diaryl/α,β-unsaturated/α-hetero) is 1. The fourth-order valence-electron chi connectivity index (χ4n) is 2.90. The van der Waals surface area contributed by atoms with Crippen LogP contribution in [0, 0.1) is 12.7 Å². The molecule has 1 atom stereocenters. The SMILES string of the molecule is Cc1cccc(Cl)c1C1N=Cc2sc(SCc3ccc(F)cc3)nc2C1=O. The maximum Gasteiger partial charge on any atom is 0.211 e. The number of aryl methyl sites for hydroxylation is 1. The fourth-order valence-corrected chi connectivity index (χ4v) is 5.23. The molecule has 0 spiro atoms. The molecule has 1 aliphatic heterocycles. The lowest BCUT2D eigenvalue weighted by Crippen LogP contribution is -2.18. The fraction of sp³-hybridized carbons (Fsp3) is 0.150. The molecular weight excluding hydrogens is 403 g/mol. The highest BCUT2D eigenvalue weighted by atomic mass is 35.5. The van der Waals surface area contributed by atoms with Crippen molar-refractivity contribution in [2.24, 2.45) is 4.99 Å². The Morgan fingerprint density at radius 1 is 1.22 bits per heavy atom. The van der Waals surface area contributed by atoms with E-state index in [2.05, 4.69) is 9.98 Å². The van der Waals surface area contributed by atoms with Crippen LogP contribution in [-0.4, -0.2) is 17.0 Å². The van der Waals surface area contributed by atoms with E-state index in [1.807, 2.05) is 19.1 Å². The molecule has 0 N–H and O–H groups in total. The van der Waals surface area contributed by atoms with Crippen molar-refractivity contribution in [1.29, 1.82) is 0 Å². The molecule has 27 heavy (non-hydrogen) atoms. The van der Waals surface area contributed by atoms with Crippen LogP contribution < -0.4 is 0 Å². The molecule has 0 bridgehead atoms. The molecule has 0 radical (unpaired) electrons. The molecular formula is C20H14ClFN2OS2. The monoisotopic (exact) mass is 416 g/mol. The van der Waals surface area contributed by atoms with Gasteiger partial charge >= 0.3 is 0 Å². The van der Waals surface area contributed by atoms with E-state index in [0.717, 1.165) is 25.9 Å². The molecule has 0 saturated heterocycles. The van der Waals surface area contributed by atoms with Crippen LogP contribution in [0.4, 0.5) is 4.39 Å². The number of ketones is 1. The summed E-state index contributed by atoms with van der Waals surface area (Å²) in [7, 11) is 0. The molecule has 3 nitrogen and oxygen atoms in total. The van der Waals surface area contributed by atoms with Crippen molar-refractivity contribution >= 4 is 46.7 Å². The quantitative estimate of drug-likeness (QED) is 0.498. The first-order valence-corrected chi connectivity index (χ1v) is 10.4. The molecule has 0 saturated carbocycles. The molecule has 7 heteroatoms. The number of carbonyl (C=O) groups is 1. The number of rotatable bonds is 4. The van der Waals surface area contributed by atoms with Gasteiger partial charge in [-0.25, -0.2) is 9.37 Å². The van der Waals surface area contributed by atoms with E-state index in [-0.39, 0.29) is 11.6 Å². The Morgan fingerprint density at radius 3 is 2.74 bits per heavy atom. The van der Waals surface area contributed by atoms with Crippen molar-refractivity contribution < 1.29 is 9.18 Å². The maximum atomic E-state index is 13.0. The van der Waals surface area contributed by atoms with Gasteiger partial charge in [0.05, 0.1) is 4.88 Å². The lowest BCUT2D eigenvalue weighted by molar-refractivity contribution is 0.0955. The second kappa shape index (κ2) is 7.54. The van der Waals surface area contributed by atoms with Gasteiger partial charge < -0.3 is 0 Å². The predicted octanol–water partition coefficient (Wildman–Crippen LogP) is 5.89. The molecule has 0 aliphatic carbocycles. The first-order chi connectivity index (χ1) is 13.0. The van der Waals surface area contributed by atoms with Crippen LogP contribution >= 0.6 is 34.7 Å². The van der Waals surface area contributed by atoms with Crippen molar-refractivity contribution in [3.63, 3.8) is 0 Å². The second-order valence-corrected chi connectivity index (χ2v) is 8.78. The molecule has 0 fully saturated rings. The molecule has 136 valence electrons. The van der Waals surface area contributed by atoms with Crippen molar-refractivity contribution in [3.05, 3.63) is 80.6 Å². The number of carbonyl (C=O) groups excluding carboxylic acids is 1. The molecule has 1 aliphatic rings. The third-order valence-electron chi connectivity index (χ3n) is 4.28. The van der Waals surface area contributed by atoms with Gasteiger partial charge in [-0.3, -0.25) is 9.79 Å². The van der Waals surface area contributed by atoms with E-state index < -0.39 is 6.04 Å². The summed E-state index contributed by atoms with van der Waals surface area (Å²) in [5.74, 6) is 0.273. The van der Waals surface area contributed by atoms with Crippen molar-refractivity contribution in [2.45, 2.75) is 23.1 Å². The molecule has 1 aromatic heterocycles. The largest absolute Gasteiger partial charge is 0.290 e. The number of thiazole rings is 1. The summed E-state index contributed by atoms with van der Waals surface area (Å²) in [6.45, 7) is 1.92. The van der Waals surface area contributed by atoms with Crippen LogP contribution in [0.3, 0.4) is 0 Å². The summed E-state index contributed by atoms with van der Waals surface area (Å²) >= 11 is 9.28. The van der Waals surface area contributed by atoms with Gasteiger partial charge in [0.2, 0.25) is 5.78 Å². The zero-order valence-corrected chi connectivity index (χ0v) is 16.7. The van der Waals surface area contributed by atoms with Crippen molar-refractivity contribution in [3.8, 4) is 0 Å². The van der Waals surface area contributed by atoms with Gasteiger partial charge in [0.25, 0.3) is 0 Å². The molecule has 3 aromatic rings. The summed E-state index contributed by atoms with van der Waals surface area (Å²) < 4.78 is 13.8. The zero-order valence-electron chi connectivity index (χ0n) is 14.3. The number of halogens is 2. The normalized spacial score (nSPS) is 15.8. The van der Waals surface area contributed by atoms with Gasteiger partial charge in [-0.15, -0.1) is 11.3 Å². The van der Waals surface area contributed by atoms with E-state index in [1.165, 1.54) is 35.2 Å². The van der Waals surface area contributed by atoms with E-state index in [0.29, 0.717) is 16.5 Å². The number of fused-ring (bicyclic) bond motifs is 1. The van der Waals surface area contributed by atoms with E-state index in [1.54, 1.807) is 24.4 Å². The average Bonchev–Trinajstić information content (AvgIpc) is 3.07. The lowest BCUT2D eigenvalue weighted by atomic mass is 9.95. The minimum absolute atomic E-state index is 0.131. The Hall–Kier alpha value is -2.02. The van der Waals surface area contributed by atoms with Gasteiger partial charge in [0.15, 0.2) is 4.34 Å². The number of benzene rings is 2. The Labute approximate surface area is 169 Å². The summed E-state index contributed by atoms with van der Waals surface area (Å²) in [5, 5.41) is 0.537. The molecule has 0 amide bonds. The van der Waals surface area contributed by atoms with Crippen LogP contribution in [0.2, 0.25) is 5.02 Å². The van der Waals surface area contributed by atoms with E-state index >= 15 is 0 Å². The minimum Gasteiger partial charge on any atom is -0.290 e. The minimum atomic E-state index is -0.650. The predicted molar refractivity (Wildman–Crippen MR) is 109 cm³/mol. The molecule has 2 aromatic carbocycles. The summed E-state index contributed by atoms with van der Waals surface area (Å²) in [6.07, 6.45) is 1.71. The van der Waals surface area contributed by atoms with E-state index in [4.69, 9.17) is 11.6 Å². The van der Waals surface area contributed by atoms with E-state index in [9.17, 15) is 9.18 Å². The number of nitrogens with zero attached hydrogens (tertiary/aromatic N) is 2. The summed E-state index contributed by atoms with van der Waals surface area (Å²) in [4.78, 5) is 22.7. The number of aromatic nitrogens is 1. The highest BCUT2D eigenvalue weighted by Crippen LogP contribution is 2.37.